The van der Waals surface area contributed by atoms with Crippen LogP contribution in [0.1, 0.15) is 47.8 Å². The van der Waals surface area contributed by atoms with E-state index in [1.165, 1.54) is 39.0 Å². The van der Waals surface area contributed by atoms with Gasteiger partial charge in [-0.2, -0.15) is 0 Å². The second kappa shape index (κ2) is 9.02. The van der Waals surface area contributed by atoms with Crippen molar-refractivity contribution in [3.05, 3.63) is 69.8 Å². The van der Waals surface area contributed by atoms with Crippen molar-refractivity contribution in [2.45, 2.75) is 20.8 Å². The highest BCUT2D eigenvalue weighted by molar-refractivity contribution is 5.98. The van der Waals surface area contributed by atoms with Gasteiger partial charge in [0, 0.05) is 12.1 Å². The number of carbonyl (C=O) groups is 3. The van der Waals surface area contributed by atoms with Crippen molar-refractivity contribution >= 4 is 17.9 Å². The number of phenolic OH excluding ortho intramolecular Hbond substituents is 2. The van der Waals surface area contributed by atoms with Gasteiger partial charge < -0.3 is 35.0 Å². The van der Waals surface area contributed by atoms with E-state index in [9.17, 15) is 34.8 Å². The Kier molecular flexibility index (Phi) is 6.35. The summed E-state index contributed by atoms with van der Waals surface area (Å²) in [5, 5.41) is 51.0. The highest BCUT2D eigenvalue weighted by atomic mass is 16.5. The number of aromatic hydroxyl groups is 3. The molecule has 0 unspecified atom stereocenters. The third-order valence-electron chi connectivity index (χ3n) is 4.90. The number of carboxylic acid groups (broad SMARTS) is 1. The molecule has 176 valence electrons. The minimum atomic E-state index is -1.36. The van der Waals surface area contributed by atoms with E-state index in [0.29, 0.717) is 0 Å². The molecule has 0 fully saturated rings. The Morgan fingerprint density at radius 2 is 1.15 bits per heavy atom. The number of hydrogen-bond acceptors (Lipinski definition) is 9. The van der Waals surface area contributed by atoms with Crippen molar-refractivity contribution < 1.29 is 49.4 Å². The average Bonchev–Trinajstić information content (AvgIpc) is 2.65. The van der Waals surface area contributed by atoms with Crippen LogP contribution < -0.4 is 14.6 Å². The monoisotopic (exact) mass is 467 g/mol. The number of benzene rings is 3. The molecule has 0 atom stereocenters. The van der Waals surface area contributed by atoms with Gasteiger partial charge in [-0.05, 0) is 61.7 Å². The molecule has 3 rings (SSSR count). The van der Waals surface area contributed by atoms with Gasteiger partial charge in [0.15, 0.2) is 0 Å². The summed E-state index contributed by atoms with van der Waals surface area (Å²) in [7, 11) is 0. The minimum Gasteiger partial charge on any atom is -0.872 e. The molecule has 10 heteroatoms. The fraction of sp³-hybridized carbons (Fsp3) is 0.125. The molecule has 0 heterocycles. The Labute approximate surface area is 192 Å². The normalized spacial score (nSPS) is 10.6. The Balaban J connectivity index is 1.85. The molecular weight excluding hydrogens is 448 g/mol. The summed E-state index contributed by atoms with van der Waals surface area (Å²) in [6.45, 7) is 4.29. The van der Waals surface area contributed by atoms with Crippen LogP contribution in [0.25, 0.3) is 0 Å². The lowest BCUT2D eigenvalue weighted by atomic mass is 10.1. The van der Waals surface area contributed by atoms with Crippen LogP contribution in [-0.2, 0) is 0 Å². The summed E-state index contributed by atoms with van der Waals surface area (Å²) in [4.78, 5) is 36.2. The Morgan fingerprint density at radius 3 is 1.65 bits per heavy atom. The standard InChI is InChI=1S/C24H20O10/c1-10-4-13(25)7-16(26)20(10)23(31)34-15-6-12(3)21(18(28)9-15)24(32)33-14-5-11(2)19(22(29)30)17(27)8-14/h4-9,25-28H,1-3H3,(H,29,30)/p-1. The number of aromatic carboxylic acids is 1. The summed E-state index contributed by atoms with van der Waals surface area (Å²) in [6, 6.07) is 6.53. The Morgan fingerprint density at radius 1 is 0.676 bits per heavy atom. The van der Waals surface area contributed by atoms with Crippen LogP contribution in [0.5, 0.6) is 34.5 Å². The van der Waals surface area contributed by atoms with Crippen molar-refractivity contribution in [2.24, 2.45) is 0 Å². The third-order valence-corrected chi connectivity index (χ3v) is 4.90. The molecule has 0 radical (unpaired) electrons. The summed E-state index contributed by atoms with van der Waals surface area (Å²) < 4.78 is 10.3. The van der Waals surface area contributed by atoms with Gasteiger partial charge in [0.2, 0.25) is 0 Å². The number of ether oxygens (including phenoxy) is 2. The molecule has 0 aliphatic carbocycles. The second-order valence-corrected chi connectivity index (χ2v) is 7.49. The molecule has 3 aromatic rings. The lowest BCUT2D eigenvalue weighted by Crippen LogP contribution is -2.15. The lowest BCUT2D eigenvalue weighted by Gasteiger charge is -2.18. The summed E-state index contributed by atoms with van der Waals surface area (Å²) in [5.41, 5.74) is -0.399. The van der Waals surface area contributed by atoms with E-state index in [1.807, 2.05) is 0 Å². The van der Waals surface area contributed by atoms with E-state index >= 15 is 0 Å². The molecule has 34 heavy (non-hydrogen) atoms. The summed E-state index contributed by atoms with van der Waals surface area (Å²) in [5.74, 6) is -5.92. The zero-order valence-corrected chi connectivity index (χ0v) is 18.2. The molecule has 0 aromatic heterocycles. The first-order valence-electron chi connectivity index (χ1n) is 9.74. The van der Waals surface area contributed by atoms with Gasteiger partial charge >= 0.3 is 17.9 Å². The highest BCUT2D eigenvalue weighted by Crippen LogP contribution is 2.32. The molecule has 0 aliphatic rings. The van der Waals surface area contributed by atoms with Crippen molar-refractivity contribution in [3.8, 4) is 34.5 Å². The Hall–Kier alpha value is -4.73. The SMILES string of the molecule is Cc1cc(OC(=O)c2c(C)cc(O)cc2O)cc([O-])c1C(=O)Oc1cc(C)c(C(=O)O)c(O)c1. The van der Waals surface area contributed by atoms with E-state index in [4.69, 9.17) is 14.6 Å². The van der Waals surface area contributed by atoms with E-state index in [0.717, 1.165) is 18.2 Å². The number of hydrogen-bond donors (Lipinski definition) is 4. The summed E-state index contributed by atoms with van der Waals surface area (Å²) in [6.07, 6.45) is 0. The first kappa shape index (κ1) is 23.9. The second-order valence-electron chi connectivity index (χ2n) is 7.49. The van der Waals surface area contributed by atoms with Gasteiger partial charge in [0.1, 0.15) is 39.9 Å². The maximum atomic E-state index is 12.6. The molecule has 0 amide bonds. The van der Waals surface area contributed by atoms with E-state index in [-0.39, 0.29) is 50.6 Å². The fourth-order valence-corrected chi connectivity index (χ4v) is 3.45. The fourth-order valence-electron chi connectivity index (χ4n) is 3.45. The van der Waals surface area contributed by atoms with Crippen molar-refractivity contribution in [2.75, 3.05) is 0 Å². The lowest BCUT2D eigenvalue weighted by molar-refractivity contribution is -0.268. The van der Waals surface area contributed by atoms with Crippen LogP contribution in [0.2, 0.25) is 0 Å². The first-order chi connectivity index (χ1) is 15.9. The van der Waals surface area contributed by atoms with Gasteiger partial charge in [0.25, 0.3) is 0 Å². The van der Waals surface area contributed by atoms with E-state index in [1.54, 1.807) is 0 Å². The zero-order chi connectivity index (χ0) is 25.3. The zero-order valence-electron chi connectivity index (χ0n) is 18.2. The van der Waals surface area contributed by atoms with Crippen molar-refractivity contribution in [1.29, 1.82) is 0 Å². The molecule has 0 bridgehead atoms. The number of esters is 2. The molecule has 4 N–H and O–H groups in total. The van der Waals surface area contributed by atoms with Crippen LogP contribution >= 0.6 is 0 Å². The smallest absolute Gasteiger partial charge is 0.347 e. The number of phenols is 3. The van der Waals surface area contributed by atoms with Crippen LogP contribution in [-0.4, -0.2) is 38.3 Å². The number of carboxylic acids is 1. The van der Waals surface area contributed by atoms with Gasteiger partial charge in [-0.25, -0.2) is 14.4 Å². The van der Waals surface area contributed by atoms with Crippen molar-refractivity contribution in [1.82, 2.24) is 0 Å². The molecular formula is C24H19O10-. The van der Waals surface area contributed by atoms with Gasteiger partial charge in [-0.15, -0.1) is 0 Å². The van der Waals surface area contributed by atoms with Gasteiger partial charge in [0.05, 0.1) is 5.56 Å². The quantitative estimate of drug-likeness (QED) is 0.323. The number of rotatable bonds is 5. The van der Waals surface area contributed by atoms with Gasteiger partial charge in [-0.3, -0.25) is 0 Å². The minimum absolute atomic E-state index is 0.120. The summed E-state index contributed by atoms with van der Waals surface area (Å²) >= 11 is 0. The molecule has 0 spiro atoms. The van der Waals surface area contributed by atoms with Crippen LogP contribution in [0.15, 0.2) is 36.4 Å². The predicted octanol–water partition coefficient (Wildman–Crippen LogP) is 2.94. The van der Waals surface area contributed by atoms with Crippen molar-refractivity contribution in [3.63, 3.8) is 0 Å². The maximum absolute atomic E-state index is 12.6. The van der Waals surface area contributed by atoms with Gasteiger partial charge in [-0.1, -0.05) is 5.75 Å². The predicted molar refractivity (Wildman–Crippen MR) is 115 cm³/mol. The largest absolute Gasteiger partial charge is 0.872 e. The van der Waals surface area contributed by atoms with E-state index in [2.05, 4.69) is 0 Å². The first-order valence-corrected chi connectivity index (χ1v) is 9.74. The van der Waals surface area contributed by atoms with Crippen LogP contribution in [0.4, 0.5) is 0 Å². The van der Waals surface area contributed by atoms with Crippen LogP contribution in [0.3, 0.4) is 0 Å². The average molecular weight is 467 g/mol. The molecule has 10 nitrogen and oxygen atoms in total. The number of aryl methyl sites for hydroxylation is 3. The van der Waals surface area contributed by atoms with Crippen LogP contribution in [0, 0.1) is 20.8 Å². The Bertz CT molecular complexity index is 1270. The van der Waals surface area contributed by atoms with E-state index < -0.39 is 35.2 Å². The topological polar surface area (TPSA) is 174 Å². The third kappa shape index (κ3) is 4.70. The molecule has 0 saturated heterocycles. The number of carbonyl (C=O) groups excluding carboxylic acids is 2. The molecule has 0 saturated carbocycles. The molecule has 3 aromatic carbocycles. The highest BCUT2D eigenvalue weighted by Gasteiger charge is 2.21. The maximum Gasteiger partial charge on any atom is 0.347 e. The molecule has 0 aliphatic heterocycles.